The van der Waals surface area contributed by atoms with Crippen molar-refractivity contribution < 1.29 is 8.42 Å². The Morgan fingerprint density at radius 2 is 1.92 bits per heavy atom. The van der Waals surface area contributed by atoms with Gasteiger partial charge in [-0.1, -0.05) is 18.2 Å². The Morgan fingerprint density at radius 3 is 2.69 bits per heavy atom. The number of anilines is 2. The molecule has 0 radical (unpaired) electrons. The summed E-state index contributed by atoms with van der Waals surface area (Å²) in [6.45, 7) is 1.85. The van der Waals surface area contributed by atoms with Crippen LogP contribution in [0, 0.1) is 0 Å². The number of nitrogens with zero attached hydrogens (tertiary/aromatic N) is 3. The van der Waals surface area contributed by atoms with Crippen molar-refractivity contribution in [1.29, 1.82) is 0 Å². The van der Waals surface area contributed by atoms with Crippen molar-refractivity contribution in [2.24, 2.45) is 0 Å². The third-order valence-electron chi connectivity index (χ3n) is 4.69. The Kier molecular flexibility index (Phi) is 4.24. The summed E-state index contributed by atoms with van der Waals surface area (Å²) >= 11 is 0. The summed E-state index contributed by atoms with van der Waals surface area (Å²) < 4.78 is 23.7. The molecule has 2 heterocycles. The molecule has 0 amide bonds. The topological polar surface area (TPSA) is 75.2 Å². The average molecular weight is 368 g/mol. The van der Waals surface area contributed by atoms with E-state index in [1.165, 1.54) is 18.3 Å². The third-order valence-corrected chi connectivity index (χ3v) is 5.80. The number of aromatic nitrogens is 2. The average Bonchev–Trinajstić information content (AvgIpc) is 3.10. The van der Waals surface area contributed by atoms with Crippen LogP contribution in [0.4, 0.5) is 11.5 Å². The fourth-order valence-corrected chi connectivity index (χ4v) is 3.97. The molecule has 1 saturated heterocycles. The maximum atomic E-state index is 11.9. The zero-order valence-electron chi connectivity index (χ0n) is 14.5. The predicted octanol–water partition coefficient (Wildman–Crippen LogP) is 2.72. The van der Waals surface area contributed by atoms with Crippen LogP contribution in [0.15, 0.2) is 59.8 Å². The lowest BCUT2D eigenvalue weighted by atomic mass is 10.2. The van der Waals surface area contributed by atoms with Gasteiger partial charge in [-0.2, -0.15) is 0 Å². The largest absolute Gasteiger partial charge is 0.369 e. The summed E-state index contributed by atoms with van der Waals surface area (Å²) in [7, 11) is -3.27. The van der Waals surface area contributed by atoms with Crippen LogP contribution in [0.25, 0.3) is 10.9 Å². The van der Waals surface area contributed by atoms with Crippen LogP contribution < -0.4 is 10.2 Å². The van der Waals surface area contributed by atoms with E-state index in [0.717, 1.165) is 30.4 Å². The maximum absolute atomic E-state index is 11.9. The van der Waals surface area contributed by atoms with Crippen molar-refractivity contribution in [3.8, 4) is 0 Å². The Hall–Kier alpha value is -2.67. The number of fused-ring (bicyclic) bond motifs is 1. The summed E-state index contributed by atoms with van der Waals surface area (Å²) in [6, 6.07) is 15.5. The summed E-state index contributed by atoms with van der Waals surface area (Å²) in [5.74, 6) is 0.681. The van der Waals surface area contributed by atoms with Gasteiger partial charge in [0, 0.05) is 36.5 Å². The number of sulfone groups is 1. The molecule has 0 unspecified atom stereocenters. The van der Waals surface area contributed by atoms with Crippen LogP contribution in [-0.4, -0.2) is 43.8 Å². The normalized spacial score (nSPS) is 17.6. The Labute approximate surface area is 152 Å². The second kappa shape index (κ2) is 6.57. The van der Waals surface area contributed by atoms with Gasteiger partial charge in [-0.05, 0) is 36.8 Å². The Bertz CT molecular complexity index is 1040. The van der Waals surface area contributed by atoms with Gasteiger partial charge in [-0.25, -0.2) is 18.4 Å². The van der Waals surface area contributed by atoms with Gasteiger partial charge in [0.2, 0.25) is 0 Å². The molecule has 0 saturated carbocycles. The lowest BCUT2D eigenvalue weighted by Crippen LogP contribution is -2.26. The van der Waals surface area contributed by atoms with E-state index in [9.17, 15) is 8.42 Å². The van der Waals surface area contributed by atoms with E-state index in [1.54, 1.807) is 18.2 Å². The van der Waals surface area contributed by atoms with Crippen LogP contribution in [-0.2, 0) is 9.84 Å². The van der Waals surface area contributed by atoms with Gasteiger partial charge in [-0.15, -0.1) is 0 Å². The Balaban J connectivity index is 1.59. The number of para-hydroxylation sites is 1. The highest BCUT2D eigenvalue weighted by atomic mass is 32.2. The molecule has 7 heteroatoms. The van der Waals surface area contributed by atoms with E-state index in [0.29, 0.717) is 5.82 Å². The van der Waals surface area contributed by atoms with E-state index in [-0.39, 0.29) is 10.9 Å². The minimum absolute atomic E-state index is 0.246. The molecule has 26 heavy (non-hydrogen) atoms. The molecule has 3 aromatic rings. The van der Waals surface area contributed by atoms with Crippen molar-refractivity contribution >= 4 is 32.2 Å². The van der Waals surface area contributed by atoms with Crippen molar-refractivity contribution in [3.63, 3.8) is 0 Å². The lowest BCUT2D eigenvalue weighted by molar-refractivity contribution is 0.602. The van der Waals surface area contributed by atoms with Crippen molar-refractivity contribution in [2.45, 2.75) is 17.4 Å². The smallest absolute Gasteiger partial charge is 0.175 e. The van der Waals surface area contributed by atoms with Crippen LogP contribution in [0.5, 0.6) is 0 Å². The molecule has 1 aromatic heterocycles. The molecule has 1 atom stereocenters. The minimum atomic E-state index is -3.27. The monoisotopic (exact) mass is 368 g/mol. The van der Waals surface area contributed by atoms with Crippen molar-refractivity contribution in [3.05, 3.63) is 54.9 Å². The molecular weight excluding hydrogens is 348 g/mol. The second-order valence-electron chi connectivity index (χ2n) is 6.58. The summed E-state index contributed by atoms with van der Waals surface area (Å²) in [6.07, 6.45) is 3.71. The van der Waals surface area contributed by atoms with Crippen molar-refractivity contribution in [1.82, 2.24) is 9.97 Å². The van der Waals surface area contributed by atoms with Gasteiger partial charge in [0.15, 0.2) is 9.84 Å². The fraction of sp³-hybridized carbons (Fsp3) is 0.263. The van der Waals surface area contributed by atoms with Crippen LogP contribution in [0.1, 0.15) is 6.42 Å². The van der Waals surface area contributed by atoms with Gasteiger partial charge in [0.25, 0.3) is 0 Å². The highest BCUT2D eigenvalue weighted by molar-refractivity contribution is 7.90. The number of hydrogen-bond acceptors (Lipinski definition) is 6. The summed E-state index contributed by atoms with van der Waals surface area (Å²) in [4.78, 5) is 11.2. The first-order chi connectivity index (χ1) is 12.5. The lowest BCUT2D eigenvalue weighted by Gasteiger charge is -2.19. The summed E-state index contributed by atoms with van der Waals surface area (Å²) in [5, 5.41) is 4.20. The number of benzene rings is 2. The third kappa shape index (κ3) is 3.35. The molecule has 1 aliphatic heterocycles. The minimum Gasteiger partial charge on any atom is -0.369 e. The SMILES string of the molecule is CS(=O)(=O)c1ccc2ncnc(N[C@@H]3CCN(c4ccccc4)C3)c2c1. The molecule has 2 aromatic carbocycles. The highest BCUT2D eigenvalue weighted by Gasteiger charge is 2.23. The molecule has 1 fully saturated rings. The first-order valence-electron chi connectivity index (χ1n) is 8.52. The van der Waals surface area contributed by atoms with Crippen LogP contribution in [0.2, 0.25) is 0 Å². The van der Waals surface area contributed by atoms with Crippen molar-refractivity contribution in [2.75, 3.05) is 29.6 Å². The number of hydrogen-bond donors (Lipinski definition) is 1. The number of rotatable bonds is 4. The molecule has 134 valence electrons. The molecule has 0 aliphatic carbocycles. The quantitative estimate of drug-likeness (QED) is 0.763. The molecule has 6 nitrogen and oxygen atoms in total. The highest BCUT2D eigenvalue weighted by Crippen LogP contribution is 2.26. The predicted molar refractivity (Wildman–Crippen MR) is 103 cm³/mol. The molecular formula is C19H20N4O2S. The standard InChI is InChI=1S/C19H20N4O2S/c1-26(24,25)16-7-8-18-17(11-16)19(21-13-20-18)22-14-9-10-23(12-14)15-5-3-2-4-6-15/h2-8,11,13-14H,9-10,12H2,1H3,(H,20,21,22)/t14-/m1/s1. The molecule has 0 bridgehead atoms. The first-order valence-corrected chi connectivity index (χ1v) is 10.4. The van der Waals surface area contributed by atoms with Crippen LogP contribution >= 0.6 is 0 Å². The van der Waals surface area contributed by atoms with E-state index >= 15 is 0 Å². The zero-order valence-corrected chi connectivity index (χ0v) is 15.3. The molecule has 4 rings (SSSR count). The van der Waals surface area contributed by atoms with E-state index in [1.807, 2.05) is 18.2 Å². The summed E-state index contributed by atoms with van der Waals surface area (Å²) in [5.41, 5.74) is 1.94. The molecule has 0 spiro atoms. The van der Waals surface area contributed by atoms with Gasteiger partial charge in [0.1, 0.15) is 12.1 Å². The van der Waals surface area contributed by atoms with Gasteiger partial charge >= 0.3 is 0 Å². The molecule has 1 N–H and O–H groups in total. The van der Waals surface area contributed by atoms with Gasteiger partial charge in [-0.3, -0.25) is 0 Å². The molecule has 1 aliphatic rings. The Morgan fingerprint density at radius 1 is 1.12 bits per heavy atom. The zero-order chi connectivity index (χ0) is 18.1. The first kappa shape index (κ1) is 16.8. The van der Waals surface area contributed by atoms with E-state index < -0.39 is 9.84 Å². The number of nitrogens with one attached hydrogen (secondary N) is 1. The van der Waals surface area contributed by atoms with Gasteiger partial charge < -0.3 is 10.2 Å². The van der Waals surface area contributed by atoms with E-state index in [2.05, 4.69) is 32.3 Å². The van der Waals surface area contributed by atoms with Gasteiger partial charge in [0.05, 0.1) is 10.4 Å². The van der Waals surface area contributed by atoms with E-state index in [4.69, 9.17) is 0 Å². The maximum Gasteiger partial charge on any atom is 0.175 e. The second-order valence-corrected chi connectivity index (χ2v) is 8.60. The fourth-order valence-electron chi connectivity index (χ4n) is 3.33. The van der Waals surface area contributed by atoms with Crippen LogP contribution in [0.3, 0.4) is 0 Å².